The van der Waals surface area contributed by atoms with Gasteiger partial charge in [0.1, 0.15) is 5.75 Å². The molecule has 0 saturated carbocycles. The van der Waals surface area contributed by atoms with Gasteiger partial charge in [-0.15, -0.1) is 16.9 Å². The van der Waals surface area contributed by atoms with Crippen molar-refractivity contribution in [2.24, 2.45) is 0 Å². The maximum Gasteiger partial charge on any atom is 0.322 e. The van der Waals surface area contributed by atoms with Crippen molar-refractivity contribution in [1.29, 1.82) is 0 Å². The predicted molar refractivity (Wildman–Crippen MR) is 106 cm³/mol. The van der Waals surface area contributed by atoms with Gasteiger partial charge in [0.15, 0.2) is 0 Å². The molecule has 1 heterocycles. The molecule has 0 aliphatic rings. The van der Waals surface area contributed by atoms with Crippen LogP contribution in [-0.4, -0.2) is 29.0 Å². The monoisotopic (exact) mass is 383 g/mol. The van der Waals surface area contributed by atoms with Crippen molar-refractivity contribution < 1.29 is 13.9 Å². The molecular weight excluding hydrogens is 362 g/mol. The lowest BCUT2D eigenvalue weighted by molar-refractivity contribution is -0.116. The standard InChI is InChI=1S/C20H21N3O3S/c1-14-8-10-17(11-9-14)27-12-4-7-18(24)21-20-23-22-19(26-20)15-5-3-6-16(13-15)25-2/h3,5-6,8-11,13H,4,7,12H2,1-2H3,(H,21,23,24). The van der Waals surface area contributed by atoms with E-state index < -0.39 is 0 Å². The summed E-state index contributed by atoms with van der Waals surface area (Å²) in [5.74, 6) is 1.76. The van der Waals surface area contributed by atoms with Crippen LogP contribution in [0.25, 0.3) is 11.5 Å². The molecule has 140 valence electrons. The molecule has 1 aromatic heterocycles. The van der Waals surface area contributed by atoms with E-state index in [4.69, 9.17) is 9.15 Å². The van der Waals surface area contributed by atoms with Gasteiger partial charge in [-0.25, -0.2) is 0 Å². The van der Waals surface area contributed by atoms with Crippen LogP contribution >= 0.6 is 11.8 Å². The Morgan fingerprint density at radius 2 is 2.00 bits per heavy atom. The zero-order valence-corrected chi connectivity index (χ0v) is 16.1. The Bertz CT molecular complexity index is 893. The van der Waals surface area contributed by atoms with Gasteiger partial charge in [-0.05, 0) is 49.4 Å². The maximum absolute atomic E-state index is 12.0. The summed E-state index contributed by atoms with van der Waals surface area (Å²) >= 11 is 1.74. The third kappa shape index (κ3) is 5.59. The van der Waals surface area contributed by atoms with Crippen molar-refractivity contribution in [3.63, 3.8) is 0 Å². The fourth-order valence-corrected chi connectivity index (χ4v) is 3.24. The molecule has 27 heavy (non-hydrogen) atoms. The Kier molecular flexibility index (Phi) is 6.49. The molecule has 3 rings (SSSR count). The van der Waals surface area contributed by atoms with Gasteiger partial charge in [0.25, 0.3) is 0 Å². The molecule has 2 aromatic carbocycles. The lowest BCUT2D eigenvalue weighted by atomic mass is 10.2. The number of nitrogens with one attached hydrogen (secondary N) is 1. The van der Waals surface area contributed by atoms with Crippen LogP contribution in [0.4, 0.5) is 6.01 Å². The Morgan fingerprint density at radius 3 is 2.78 bits per heavy atom. The van der Waals surface area contributed by atoms with Crippen molar-refractivity contribution in [2.75, 3.05) is 18.2 Å². The van der Waals surface area contributed by atoms with E-state index >= 15 is 0 Å². The van der Waals surface area contributed by atoms with Crippen LogP contribution in [-0.2, 0) is 4.79 Å². The second kappa shape index (κ2) is 9.23. The smallest absolute Gasteiger partial charge is 0.322 e. The number of aryl methyl sites for hydroxylation is 1. The first-order chi connectivity index (χ1) is 13.1. The summed E-state index contributed by atoms with van der Waals surface area (Å²) in [5, 5.41) is 10.5. The number of carbonyl (C=O) groups is 1. The molecule has 1 amide bonds. The van der Waals surface area contributed by atoms with E-state index in [0.717, 1.165) is 17.7 Å². The molecular formula is C20H21N3O3S. The number of rotatable bonds is 8. The van der Waals surface area contributed by atoms with Crippen LogP contribution in [0.5, 0.6) is 5.75 Å². The SMILES string of the molecule is COc1cccc(-c2nnc(NC(=O)CCCSc3ccc(C)cc3)o2)c1. The highest BCUT2D eigenvalue weighted by atomic mass is 32.2. The van der Waals surface area contributed by atoms with Crippen molar-refractivity contribution in [2.45, 2.75) is 24.7 Å². The van der Waals surface area contributed by atoms with Gasteiger partial charge in [-0.1, -0.05) is 28.9 Å². The van der Waals surface area contributed by atoms with Gasteiger partial charge in [0.2, 0.25) is 11.8 Å². The number of aromatic nitrogens is 2. The first-order valence-electron chi connectivity index (χ1n) is 8.61. The first kappa shape index (κ1) is 19.0. The molecule has 0 fully saturated rings. The van der Waals surface area contributed by atoms with Gasteiger partial charge in [0.05, 0.1) is 7.11 Å². The number of thioether (sulfide) groups is 1. The Labute approximate surface area is 162 Å². The largest absolute Gasteiger partial charge is 0.497 e. The number of hydrogen-bond acceptors (Lipinski definition) is 6. The lowest BCUT2D eigenvalue weighted by Crippen LogP contribution is -2.11. The van der Waals surface area contributed by atoms with Crippen LogP contribution in [0.3, 0.4) is 0 Å². The topological polar surface area (TPSA) is 77.3 Å². The normalized spacial score (nSPS) is 10.6. The Balaban J connectivity index is 1.45. The van der Waals surface area contributed by atoms with Crippen LogP contribution in [0, 0.1) is 6.92 Å². The summed E-state index contributed by atoms with van der Waals surface area (Å²) in [6.07, 6.45) is 1.16. The first-order valence-corrected chi connectivity index (χ1v) is 9.60. The summed E-state index contributed by atoms with van der Waals surface area (Å²) in [6.45, 7) is 2.07. The van der Waals surface area contributed by atoms with Gasteiger partial charge in [-0.3, -0.25) is 10.1 Å². The minimum absolute atomic E-state index is 0.101. The number of carbonyl (C=O) groups excluding carboxylic acids is 1. The van der Waals surface area contributed by atoms with Crippen LogP contribution in [0.15, 0.2) is 57.8 Å². The van der Waals surface area contributed by atoms with Crippen LogP contribution in [0.2, 0.25) is 0 Å². The van der Waals surface area contributed by atoms with E-state index in [-0.39, 0.29) is 11.9 Å². The average molecular weight is 383 g/mol. The molecule has 0 atom stereocenters. The van der Waals surface area contributed by atoms with Crippen LogP contribution < -0.4 is 10.1 Å². The molecule has 0 aliphatic carbocycles. The van der Waals surface area contributed by atoms with E-state index in [2.05, 4.69) is 46.7 Å². The highest BCUT2D eigenvalue weighted by Crippen LogP contribution is 2.24. The number of hydrogen-bond donors (Lipinski definition) is 1. The average Bonchev–Trinajstić information content (AvgIpc) is 3.15. The number of nitrogens with zero attached hydrogens (tertiary/aromatic N) is 2. The van der Waals surface area contributed by atoms with E-state index in [1.807, 2.05) is 18.2 Å². The number of amides is 1. The summed E-state index contributed by atoms with van der Waals surface area (Å²) in [7, 11) is 1.59. The molecule has 1 N–H and O–H groups in total. The van der Waals surface area contributed by atoms with Gasteiger partial charge >= 0.3 is 6.01 Å². The van der Waals surface area contributed by atoms with Gasteiger partial charge < -0.3 is 9.15 Å². The fraction of sp³-hybridized carbons (Fsp3) is 0.250. The fourth-order valence-electron chi connectivity index (χ4n) is 2.39. The summed E-state index contributed by atoms with van der Waals surface area (Å²) in [4.78, 5) is 13.3. The van der Waals surface area contributed by atoms with Gasteiger partial charge in [0, 0.05) is 16.9 Å². The van der Waals surface area contributed by atoms with E-state index in [1.165, 1.54) is 10.5 Å². The molecule has 0 saturated heterocycles. The second-order valence-electron chi connectivity index (χ2n) is 5.96. The summed E-state index contributed by atoms with van der Waals surface area (Å²) in [6, 6.07) is 15.8. The molecule has 0 spiro atoms. The third-order valence-electron chi connectivity index (χ3n) is 3.83. The predicted octanol–water partition coefficient (Wildman–Crippen LogP) is 4.56. The van der Waals surface area contributed by atoms with Crippen molar-refractivity contribution in [1.82, 2.24) is 10.2 Å². The quantitative estimate of drug-likeness (QED) is 0.454. The minimum Gasteiger partial charge on any atom is -0.497 e. The molecule has 0 radical (unpaired) electrons. The number of methoxy groups -OCH3 is 1. The summed E-state index contributed by atoms with van der Waals surface area (Å²) < 4.78 is 10.7. The van der Waals surface area contributed by atoms with E-state index in [0.29, 0.717) is 18.1 Å². The second-order valence-corrected chi connectivity index (χ2v) is 7.13. The lowest BCUT2D eigenvalue weighted by Gasteiger charge is -2.03. The molecule has 0 bridgehead atoms. The van der Waals surface area contributed by atoms with Crippen molar-refractivity contribution in [3.8, 4) is 17.2 Å². The zero-order chi connectivity index (χ0) is 19.1. The minimum atomic E-state index is -0.139. The Hall–Kier alpha value is -2.80. The van der Waals surface area contributed by atoms with Crippen LogP contribution in [0.1, 0.15) is 18.4 Å². The number of ether oxygens (including phenoxy) is 1. The number of anilines is 1. The van der Waals surface area contributed by atoms with Crippen molar-refractivity contribution >= 4 is 23.7 Å². The maximum atomic E-state index is 12.0. The highest BCUT2D eigenvalue weighted by Gasteiger charge is 2.12. The highest BCUT2D eigenvalue weighted by molar-refractivity contribution is 7.99. The molecule has 0 aliphatic heterocycles. The van der Waals surface area contributed by atoms with E-state index in [9.17, 15) is 4.79 Å². The number of benzene rings is 2. The third-order valence-corrected chi connectivity index (χ3v) is 4.92. The zero-order valence-electron chi connectivity index (χ0n) is 15.3. The van der Waals surface area contributed by atoms with Gasteiger partial charge in [-0.2, -0.15) is 0 Å². The van der Waals surface area contributed by atoms with Crippen molar-refractivity contribution in [3.05, 3.63) is 54.1 Å². The molecule has 0 unspecified atom stereocenters. The Morgan fingerprint density at radius 1 is 1.19 bits per heavy atom. The summed E-state index contributed by atoms with van der Waals surface area (Å²) in [5.41, 5.74) is 1.98. The molecule has 7 heteroatoms. The molecule has 6 nitrogen and oxygen atoms in total. The van der Waals surface area contributed by atoms with E-state index in [1.54, 1.807) is 24.9 Å². The molecule has 3 aromatic rings.